The van der Waals surface area contributed by atoms with Gasteiger partial charge in [0.2, 0.25) is 0 Å². The fourth-order valence-corrected chi connectivity index (χ4v) is 2.15. The number of hydrogen-bond donors (Lipinski definition) is 0. The van der Waals surface area contributed by atoms with Crippen LogP contribution in [0.5, 0.6) is 0 Å². The van der Waals surface area contributed by atoms with Crippen molar-refractivity contribution in [3.8, 4) is 5.69 Å². The van der Waals surface area contributed by atoms with Gasteiger partial charge in [-0.15, -0.1) is 0 Å². The standard InChI is InChI=1S/C17H12ClFN2/c18-13-7-9-14(10-8-13)21-11-3-4-15(21)12-20-17-6-2-1-5-16(17)19/h1-12H. The fraction of sp³-hybridized carbons (Fsp3) is 0. The number of para-hydroxylation sites is 1. The summed E-state index contributed by atoms with van der Waals surface area (Å²) in [5, 5.41) is 0.687. The number of benzene rings is 2. The van der Waals surface area contributed by atoms with E-state index in [2.05, 4.69) is 4.99 Å². The molecule has 0 spiro atoms. The molecule has 3 aromatic rings. The van der Waals surface area contributed by atoms with E-state index in [1.54, 1.807) is 24.4 Å². The van der Waals surface area contributed by atoms with E-state index in [1.807, 2.05) is 47.2 Å². The average Bonchev–Trinajstić information content (AvgIpc) is 2.96. The van der Waals surface area contributed by atoms with E-state index < -0.39 is 0 Å². The van der Waals surface area contributed by atoms with Crippen molar-refractivity contribution in [3.63, 3.8) is 0 Å². The quantitative estimate of drug-likeness (QED) is 0.604. The zero-order chi connectivity index (χ0) is 14.7. The minimum atomic E-state index is -0.335. The van der Waals surface area contributed by atoms with E-state index in [4.69, 9.17) is 11.6 Å². The van der Waals surface area contributed by atoms with E-state index in [-0.39, 0.29) is 5.82 Å². The van der Waals surface area contributed by atoms with Gasteiger partial charge < -0.3 is 4.57 Å². The molecular weight excluding hydrogens is 287 g/mol. The average molecular weight is 299 g/mol. The van der Waals surface area contributed by atoms with Crippen molar-refractivity contribution in [1.82, 2.24) is 4.57 Å². The lowest BCUT2D eigenvalue weighted by Crippen LogP contribution is -1.97. The molecule has 0 N–H and O–H groups in total. The molecule has 21 heavy (non-hydrogen) atoms. The van der Waals surface area contributed by atoms with Crippen LogP contribution in [-0.2, 0) is 0 Å². The first kappa shape index (κ1) is 13.6. The number of nitrogens with zero attached hydrogens (tertiary/aromatic N) is 2. The van der Waals surface area contributed by atoms with Gasteiger partial charge in [0, 0.05) is 16.9 Å². The fourth-order valence-electron chi connectivity index (χ4n) is 2.03. The Balaban J connectivity index is 1.93. The minimum absolute atomic E-state index is 0.321. The van der Waals surface area contributed by atoms with Gasteiger partial charge in [-0.1, -0.05) is 23.7 Å². The van der Waals surface area contributed by atoms with Gasteiger partial charge in [-0.3, -0.25) is 4.99 Å². The number of aliphatic imine (C=N–C) groups is 1. The molecular formula is C17H12ClFN2. The lowest BCUT2D eigenvalue weighted by atomic mass is 10.3. The Hall–Kier alpha value is -2.39. The van der Waals surface area contributed by atoms with E-state index in [9.17, 15) is 4.39 Å². The molecule has 104 valence electrons. The summed E-state index contributed by atoms with van der Waals surface area (Å²) in [5.74, 6) is -0.335. The first-order valence-corrected chi connectivity index (χ1v) is 6.84. The molecule has 0 aliphatic heterocycles. The Morgan fingerprint density at radius 2 is 1.71 bits per heavy atom. The summed E-state index contributed by atoms with van der Waals surface area (Å²) in [6, 6.07) is 17.8. The molecule has 0 atom stereocenters. The maximum atomic E-state index is 13.6. The summed E-state index contributed by atoms with van der Waals surface area (Å²) in [7, 11) is 0. The Labute approximate surface area is 127 Å². The zero-order valence-corrected chi connectivity index (χ0v) is 11.8. The molecule has 0 saturated heterocycles. The molecule has 4 heteroatoms. The highest BCUT2D eigenvalue weighted by molar-refractivity contribution is 6.30. The highest BCUT2D eigenvalue weighted by atomic mass is 35.5. The second-order valence-corrected chi connectivity index (χ2v) is 4.93. The summed E-state index contributed by atoms with van der Waals surface area (Å²) in [6.07, 6.45) is 3.57. The number of hydrogen-bond acceptors (Lipinski definition) is 1. The Bertz CT molecular complexity index is 775. The van der Waals surface area contributed by atoms with Gasteiger partial charge in [-0.25, -0.2) is 4.39 Å². The molecule has 0 aliphatic carbocycles. The van der Waals surface area contributed by atoms with Crippen molar-refractivity contribution in [2.75, 3.05) is 0 Å². The predicted molar refractivity (Wildman–Crippen MR) is 84.4 cm³/mol. The van der Waals surface area contributed by atoms with E-state index >= 15 is 0 Å². The first-order chi connectivity index (χ1) is 10.2. The third-order valence-corrected chi connectivity index (χ3v) is 3.33. The van der Waals surface area contributed by atoms with Crippen LogP contribution in [0.4, 0.5) is 10.1 Å². The molecule has 0 aliphatic rings. The van der Waals surface area contributed by atoms with Gasteiger partial charge in [0.15, 0.2) is 0 Å². The van der Waals surface area contributed by atoms with Gasteiger partial charge in [-0.2, -0.15) is 0 Å². The molecule has 2 aromatic carbocycles. The van der Waals surface area contributed by atoms with Crippen LogP contribution in [0.25, 0.3) is 5.69 Å². The maximum absolute atomic E-state index is 13.6. The van der Waals surface area contributed by atoms with Crippen LogP contribution in [0.15, 0.2) is 71.9 Å². The van der Waals surface area contributed by atoms with Crippen LogP contribution >= 0.6 is 11.6 Å². The number of rotatable bonds is 3. The van der Waals surface area contributed by atoms with E-state index in [0.29, 0.717) is 10.7 Å². The first-order valence-electron chi connectivity index (χ1n) is 6.46. The lowest BCUT2D eigenvalue weighted by molar-refractivity contribution is 0.630. The van der Waals surface area contributed by atoms with Crippen LogP contribution < -0.4 is 0 Å². The van der Waals surface area contributed by atoms with Crippen molar-refractivity contribution in [3.05, 3.63) is 83.4 Å². The third-order valence-electron chi connectivity index (χ3n) is 3.07. The second kappa shape index (κ2) is 5.94. The molecule has 2 nitrogen and oxygen atoms in total. The van der Waals surface area contributed by atoms with Gasteiger partial charge in [0.1, 0.15) is 5.82 Å². The van der Waals surface area contributed by atoms with E-state index in [1.165, 1.54) is 6.07 Å². The molecule has 1 aromatic heterocycles. The van der Waals surface area contributed by atoms with Crippen molar-refractivity contribution in [2.45, 2.75) is 0 Å². The molecule has 3 rings (SSSR count). The molecule has 0 saturated carbocycles. The number of halogens is 2. The highest BCUT2D eigenvalue weighted by Crippen LogP contribution is 2.18. The Kier molecular flexibility index (Phi) is 3.84. The molecule has 1 heterocycles. The van der Waals surface area contributed by atoms with Crippen molar-refractivity contribution in [2.24, 2.45) is 4.99 Å². The van der Waals surface area contributed by atoms with Crippen molar-refractivity contribution >= 4 is 23.5 Å². The van der Waals surface area contributed by atoms with Crippen LogP contribution in [0.3, 0.4) is 0 Å². The highest BCUT2D eigenvalue weighted by Gasteiger charge is 2.02. The summed E-state index contributed by atoms with van der Waals surface area (Å²) in [5.41, 5.74) is 2.15. The molecule has 0 fully saturated rings. The summed E-state index contributed by atoms with van der Waals surface area (Å²) in [6.45, 7) is 0. The molecule has 0 radical (unpaired) electrons. The normalized spacial score (nSPS) is 11.1. The monoisotopic (exact) mass is 298 g/mol. The minimum Gasteiger partial charge on any atom is -0.316 e. The SMILES string of the molecule is Fc1ccccc1N=Cc1cccn1-c1ccc(Cl)cc1. The smallest absolute Gasteiger partial charge is 0.148 e. The number of aromatic nitrogens is 1. The summed E-state index contributed by atoms with van der Waals surface area (Å²) in [4.78, 5) is 4.21. The second-order valence-electron chi connectivity index (χ2n) is 4.49. The predicted octanol–water partition coefficient (Wildman–Crippen LogP) is 5.02. The van der Waals surface area contributed by atoms with Crippen LogP contribution in [0, 0.1) is 5.82 Å². The summed E-state index contributed by atoms with van der Waals surface area (Å²) >= 11 is 5.89. The molecule has 0 unspecified atom stereocenters. The lowest BCUT2D eigenvalue weighted by Gasteiger charge is -2.06. The van der Waals surface area contributed by atoms with Crippen molar-refractivity contribution < 1.29 is 4.39 Å². The topological polar surface area (TPSA) is 17.3 Å². The summed E-state index contributed by atoms with van der Waals surface area (Å²) < 4.78 is 15.5. The van der Waals surface area contributed by atoms with Crippen LogP contribution in [-0.4, -0.2) is 10.8 Å². The van der Waals surface area contributed by atoms with Gasteiger partial charge in [-0.05, 0) is 48.5 Å². The molecule has 0 amide bonds. The Morgan fingerprint density at radius 3 is 2.48 bits per heavy atom. The van der Waals surface area contributed by atoms with Crippen LogP contribution in [0.2, 0.25) is 5.02 Å². The van der Waals surface area contributed by atoms with Gasteiger partial charge >= 0.3 is 0 Å². The van der Waals surface area contributed by atoms with Crippen molar-refractivity contribution in [1.29, 1.82) is 0 Å². The zero-order valence-electron chi connectivity index (χ0n) is 11.1. The van der Waals surface area contributed by atoms with E-state index in [0.717, 1.165) is 11.4 Å². The van der Waals surface area contributed by atoms with Crippen LogP contribution in [0.1, 0.15) is 5.69 Å². The maximum Gasteiger partial charge on any atom is 0.148 e. The van der Waals surface area contributed by atoms with Gasteiger partial charge in [0.05, 0.1) is 17.6 Å². The Morgan fingerprint density at radius 1 is 0.952 bits per heavy atom. The van der Waals surface area contributed by atoms with Gasteiger partial charge in [0.25, 0.3) is 0 Å². The molecule has 0 bridgehead atoms. The largest absolute Gasteiger partial charge is 0.316 e. The third kappa shape index (κ3) is 3.03.